The zero-order chi connectivity index (χ0) is 17.5. The molecule has 1 amide bonds. The average Bonchev–Trinajstić information content (AvgIpc) is 2.48. The van der Waals surface area contributed by atoms with Crippen LogP contribution in [0.5, 0.6) is 0 Å². The number of amides is 1. The number of nitrogens with two attached hydrogens (primary N) is 1. The molecule has 0 aromatic heterocycles. The Bertz CT molecular complexity index is 739. The number of benzene rings is 2. The fraction of sp³-hybridized carbons (Fsp3) is 0.222. The summed E-state index contributed by atoms with van der Waals surface area (Å²) in [6, 6.07) is 13.1. The van der Waals surface area contributed by atoms with E-state index in [0.29, 0.717) is 17.3 Å². The predicted octanol–water partition coefficient (Wildman–Crippen LogP) is 3.77. The maximum absolute atomic E-state index is 11.9. The van der Waals surface area contributed by atoms with E-state index in [-0.39, 0.29) is 18.2 Å². The molecule has 5 nitrogen and oxygen atoms in total. The summed E-state index contributed by atoms with van der Waals surface area (Å²) in [5.41, 5.74) is 9.58. The number of halogens is 1. The molecule has 0 atom stereocenters. The molecule has 0 saturated heterocycles. The van der Waals surface area contributed by atoms with Gasteiger partial charge in [0, 0.05) is 0 Å². The van der Waals surface area contributed by atoms with Crippen LogP contribution in [0.1, 0.15) is 23.1 Å². The van der Waals surface area contributed by atoms with Crippen molar-refractivity contribution in [2.24, 2.45) is 10.9 Å². The lowest BCUT2D eigenvalue weighted by Gasteiger charge is -2.07. The van der Waals surface area contributed by atoms with Crippen molar-refractivity contribution in [3.8, 4) is 0 Å². The van der Waals surface area contributed by atoms with E-state index in [1.165, 1.54) is 0 Å². The molecular weight excluding hydrogens is 326 g/mol. The first kappa shape index (κ1) is 17.8. The maximum Gasteiger partial charge on any atom is 0.232 e. The topological polar surface area (TPSA) is 76.7 Å². The van der Waals surface area contributed by atoms with Crippen LogP contribution in [0.15, 0.2) is 47.6 Å². The Labute approximate surface area is 146 Å². The number of anilines is 1. The number of carbonyl (C=O) groups excluding carboxylic acids is 1. The Hall–Kier alpha value is -2.53. The molecule has 0 spiro atoms. The molecule has 0 unspecified atom stereocenters. The highest BCUT2D eigenvalue weighted by atomic mass is 35.5. The lowest BCUT2D eigenvalue weighted by molar-refractivity contribution is -0.115. The smallest absolute Gasteiger partial charge is 0.232 e. The molecule has 0 heterocycles. The molecule has 0 radical (unpaired) electrons. The van der Waals surface area contributed by atoms with Gasteiger partial charge in [-0.1, -0.05) is 58.2 Å². The summed E-state index contributed by atoms with van der Waals surface area (Å²) in [6.07, 6.45) is -0.0714. The van der Waals surface area contributed by atoms with Gasteiger partial charge in [0.2, 0.25) is 5.91 Å². The van der Waals surface area contributed by atoms with Crippen LogP contribution in [0.4, 0.5) is 5.69 Å². The van der Waals surface area contributed by atoms with Crippen LogP contribution in [0.2, 0.25) is 5.02 Å². The van der Waals surface area contributed by atoms with E-state index in [1.807, 2.05) is 26.0 Å². The Morgan fingerprint density at radius 1 is 1.21 bits per heavy atom. The van der Waals surface area contributed by atoms with Crippen molar-refractivity contribution in [3.63, 3.8) is 0 Å². The van der Waals surface area contributed by atoms with Gasteiger partial charge in [0.25, 0.3) is 0 Å². The summed E-state index contributed by atoms with van der Waals surface area (Å²) in [7, 11) is 0. The highest BCUT2D eigenvalue weighted by Crippen LogP contribution is 2.20. The van der Waals surface area contributed by atoms with Gasteiger partial charge in [0.15, 0.2) is 0 Å². The lowest BCUT2D eigenvalue weighted by Crippen LogP contribution is -2.22. The molecule has 2 aromatic rings. The van der Waals surface area contributed by atoms with Gasteiger partial charge in [-0.05, 0) is 31.5 Å². The molecule has 6 heteroatoms. The van der Waals surface area contributed by atoms with Crippen LogP contribution in [0, 0.1) is 13.8 Å². The van der Waals surface area contributed by atoms with Crippen LogP contribution in [-0.4, -0.2) is 11.7 Å². The first-order valence-electron chi connectivity index (χ1n) is 7.50. The fourth-order valence-electron chi connectivity index (χ4n) is 2.30. The number of rotatable bonds is 6. The molecule has 0 bridgehead atoms. The van der Waals surface area contributed by atoms with Crippen LogP contribution in [-0.2, 0) is 16.2 Å². The number of nitrogens with zero attached hydrogens (tertiary/aromatic N) is 1. The van der Waals surface area contributed by atoms with Gasteiger partial charge in [-0.25, -0.2) is 0 Å². The quantitative estimate of drug-likeness (QED) is 0.475. The maximum atomic E-state index is 11.9. The summed E-state index contributed by atoms with van der Waals surface area (Å²) in [5.74, 6) is -0.205. The van der Waals surface area contributed by atoms with E-state index in [4.69, 9.17) is 22.2 Å². The number of amidine groups is 1. The van der Waals surface area contributed by atoms with E-state index in [9.17, 15) is 4.79 Å². The number of hydrogen-bond acceptors (Lipinski definition) is 3. The van der Waals surface area contributed by atoms with Gasteiger partial charge in [-0.15, -0.1) is 0 Å². The third kappa shape index (κ3) is 5.59. The van der Waals surface area contributed by atoms with Gasteiger partial charge >= 0.3 is 0 Å². The van der Waals surface area contributed by atoms with E-state index < -0.39 is 0 Å². The van der Waals surface area contributed by atoms with Crippen LogP contribution in [0.25, 0.3) is 0 Å². The van der Waals surface area contributed by atoms with E-state index in [1.54, 1.807) is 24.3 Å². The van der Waals surface area contributed by atoms with Crippen molar-refractivity contribution in [1.29, 1.82) is 0 Å². The lowest BCUT2D eigenvalue weighted by atomic mass is 10.1. The van der Waals surface area contributed by atoms with Crippen molar-refractivity contribution < 1.29 is 9.63 Å². The zero-order valence-electron chi connectivity index (χ0n) is 13.7. The predicted molar refractivity (Wildman–Crippen MR) is 97.0 cm³/mol. The highest BCUT2D eigenvalue weighted by molar-refractivity contribution is 6.33. The first-order valence-corrected chi connectivity index (χ1v) is 7.87. The van der Waals surface area contributed by atoms with Gasteiger partial charge in [0.1, 0.15) is 12.4 Å². The van der Waals surface area contributed by atoms with E-state index in [0.717, 1.165) is 16.7 Å². The number of carbonyl (C=O) groups is 1. The van der Waals surface area contributed by atoms with Crippen LogP contribution in [0.3, 0.4) is 0 Å². The Morgan fingerprint density at radius 3 is 2.54 bits per heavy atom. The molecule has 3 N–H and O–H groups in total. The minimum absolute atomic E-state index is 0.0714. The number of para-hydroxylation sites is 1. The molecule has 0 aliphatic carbocycles. The third-order valence-electron chi connectivity index (χ3n) is 3.18. The molecule has 0 aliphatic heterocycles. The summed E-state index contributed by atoms with van der Waals surface area (Å²) < 4.78 is 0. The standard InChI is InChI=1S/C18H20ClN3O2/c1-12-7-13(2)9-14(8-12)11-24-22-17(20)10-18(23)21-16-6-4-3-5-15(16)19/h3-9H,10-11H2,1-2H3,(H2,20,22)(H,21,23). The largest absolute Gasteiger partial charge is 0.389 e. The van der Waals surface area contributed by atoms with Crippen molar-refractivity contribution in [3.05, 3.63) is 64.2 Å². The Balaban J connectivity index is 1.85. The van der Waals surface area contributed by atoms with Gasteiger partial charge in [-0.3, -0.25) is 4.79 Å². The molecule has 0 saturated carbocycles. The molecule has 2 rings (SSSR count). The van der Waals surface area contributed by atoms with E-state index >= 15 is 0 Å². The summed E-state index contributed by atoms with van der Waals surface area (Å²) in [6.45, 7) is 4.34. The molecule has 24 heavy (non-hydrogen) atoms. The van der Waals surface area contributed by atoms with Gasteiger partial charge in [-0.2, -0.15) is 0 Å². The second kappa shape index (κ2) is 8.36. The molecule has 0 aliphatic rings. The van der Waals surface area contributed by atoms with Crippen LogP contribution >= 0.6 is 11.6 Å². The minimum Gasteiger partial charge on any atom is -0.389 e. The summed E-state index contributed by atoms with van der Waals surface area (Å²) in [4.78, 5) is 17.1. The number of hydrogen-bond donors (Lipinski definition) is 2. The number of oxime groups is 1. The Morgan fingerprint density at radius 2 is 1.88 bits per heavy atom. The van der Waals surface area contributed by atoms with E-state index in [2.05, 4.69) is 16.5 Å². The monoisotopic (exact) mass is 345 g/mol. The summed E-state index contributed by atoms with van der Waals surface area (Å²) >= 11 is 5.98. The first-order chi connectivity index (χ1) is 11.4. The third-order valence-corrected chi connectivity index (χ3v) is 3.51. The fourth-order valence-corrected chi connectivity index (χ4v) is 2.48. The average molecular weight is 346 g/mol. The molecule has 126 valence electrons. The van der Waals surface area contributed by atoms with Gasteiger partial charge < -0.3 is 15.9 Å². The normalized spacial score (nSPS) is 11.2. The van der Waals surface area contributed by atoms with Gasteiger partial charge in [0.05, 0.1) is 17.1 Å². The SMILES string of the molecule is Cc1cc(C)cc(CO/N=C(/N)CC(=O)Nc2ccccc2Cl)c1. The van der Waals surface area contributed by atoms with Crippen molar-refractivity contribution in [2.75, 3.05) is 5.32 Å². The molecule has 0 fully saturated rings. The van der Waals surface area contributed by atoms with Crippen molar-refractivity contribution >= 4 is 29.0 Å². The molecule has 2 aromatic carbocycles. The molecular formula is C18H20ClN3O2. The highest BCUT2D eigenvalue weighted by Gasteiger charge is 2.08. The van der Waals surface area contributed by atoms with Crippen molar-refractivity contribution in [2.45, 2.75) is 26.9 Å². The minimum atomic E-state index is -0.306. The number of nitrogens with one attached hydrogen (secondary N) is 1. The van der Waals surface area contributed by atoms with Crippen LogP contribution < -0.4 is 11.1 Å². The number of aryl methyl sites for hydroxylation is 2. The second-order valence-electron chi connectivity index (χ2n) is 5.56. The summed E-state index contributed by atoms with van der Waals surface area (Å²) in [5, 5.41) is 6.93. The Kier molecular flexibility index (Phi) is 6.21. The zero-order valence-corrected chi connectivity index (χ0v) is 14.4. The van der Waals surface area contributed by atoms with Crippen molar-refractivity contribution in [1.82, 2.24) is 0 Å². The second-order valence-corrected chi connectivity index (χ2v) is 5.96.